The van der Waals surface area contributed by atoms with Crippen LogP contribution in [0.1, 0.15) is 37.3 Å². The van der Waals surface area contributed by atoms with E-state index in [1.54, 1.807) is 24.3 Å². The summed E-state index contributed by atoms with van der Waals surface area (Å²) in [6.07, 6.45) is 4.51. The zero-order chi connectivity index (χ0) is 13.0. The summed E-state index contributed by atoms with van der Waals surface area (Å²) in [5, 5.41) is 13.1. The Balaban J connectivity index is 2.19. The van der Waals surface area contributed by atoms with E-state index in [4.69, 9.17) is 4.74 Å². The van der Waals surface area contributed by atoms with E-state index >= 15 is 0 Å². The highest BCUT2D eigenvalue weighted by molar-refractivity contribution is 5.78. The lowest BCUT2D eigenvalue weighted by molar-refractivity contribution is -0.143. The Morgan fingerprint density at radius 2 is 2.06 bits per heavy atom. The summed E-state index contributed by atoms with van der Waals surface area (Å²) in [4.78, 5) is 11.9. The zero-order valence-electron chi connectivity index (χ0n) is 10.6. The molecule has 1 unspecified atom stereocenters. The average molecular weight is 249 g/mol. The molecule has 98 valence electrons. The number of rotatable bonds is 4. The smallest absolute Gasteiger partial charge is 0.327 e. The molecule has 1 aliphatic carbocycles. The second kappa shape index (κ2) is 5.87. The molecule has 2 N–H and O–H groups in total. The summed E-state index contributed by atoms with van der Waals surface area (Å²) in [6.45, 7) is 0. The molecular weight excluding hydrogens is 230 g/mol. The van der Waals surface area contributed by atoms with Crippen LogP contribution in [0.15, 0.2) is 24.3 Å². The number of carbonyl (C=O) groups is 1. The Hall–Kier alpha value is -1.55. The highest BCUT2D eigenvalue weighted by Crippen LogP contribution is 2.27. The number of aromatic hydroxyl groups is 1. The van der Waals surface area contributed by atoms with E-state index in [9.17, 15) is 9.90 Å². The van der Waals surface area contributed by atoms with E-state index in [0.717, 1.165) is 12.8 Å². The van der Waals surface area contributed by atoms with Crippen LogP contribution < -0.4 is 5.32 Å². The normalized spacial score (nSPS) is 17.6. The molecule has 1 aromatic carbocycles. The van der Waals surface area contributed by atoms with Gasteiger partial charge in [-0.15, -0.1) is 0 Å². The lowest BCUT2D eigenvalue weighted by Crippen LogP contribution is -2.36. The number of hydrogen-bond donors (Lipinski definition) is 2. The van der Waals surface area contributed by atoms with Gasteiger partial charge in [-0.1, -0.05) is 31.0 Å². The van der Waals surface area contributed by atoms with Gasteiger partial charge >= 0.3 is 5.97 Å². The largest absolute Gasteiger partial charge is 0.508 e. The summed E-state index contributed by atoms with van der Waals surface area (Å²) in [5.74, 6) is -0.234. The monoisotopic (exact) mass is 249 g/mol. The minimum atomic E-state index is -0.584. The third-order valence-corrected chi connectivity index (χ3v) is 3.44. The van der Waals surface area contributed by atoms with E-state index in [1.165, 1.54) is 20.0 Å². The molecule has 1 saturated carbocycles. The summed E-state index contributed by atoms with van der Waals surface area (Å²) < 4.78 is 4.82. The molecule has 4 heteroatoms. The third-order valence-electron chi connectivity index (χ3n) is 3.44. The van der Waals surface area contributed by atoms with Crippen LogP contribution in [0.3, 0.4) is 0 Å². The molecule has 0 amide bonds. The number of hydrogen-bond acceptors (Lipinski definition) is 4. The van der Waals surface area contributed by atoms with Gasteiger partial charge in [0, 0.05) is 11.6 Å². The number of ether oxygens (including phenoxy) is 1. The first-order valence-corrected chi connectivity index (χ1v) is 6.34. The average Bonchev–Trinajstić information content (AvgIpc) is 2.89. The molecule has 1 aliphatic rings. The van der Waals surface area contributed by atoms with Gasteiger partial charge in [0.1, 0.15) is 11.8 Å². The number of phenolic OH excluding ortho intramolecular Hbond substituents is 1. The predicted molar refractivity (Wildman–Crippen MR) is 68.3 cm³/mol. The molecule has 0 spiro atoms. The zero-order valence-corrected chi connectivity index (χ0v) is 10.6. The molecule has 0 saturated heterocycles. The summed E-state index contributed by atoms with van der Waals surface area (Å²) in [5.41, 5.74) is 0.580. The van der Waals surface area contributed by atoms with E-state index in [2.05, 4.69) is 5.32 Å². The Kier molecular flexibility index (Phi) is 4.20. The fourth-order valence-corrected chi connectivity index (χ4v) is 2.46. The highest BCUT2D eigenvalue weighted by atomic mass is 16.5. The van der Waals surface area contributed by atoms with Crippen molar-refractivity contribution in [1.82, 2.24) is 5.32 Å². The predicted octanol–water partition coefficient (Wildman–Crippen LogP) is 2.14. The molecule has 0 bridgehead atoms. The summed E-state index contributed by atoms with van der Waals surface area (Å²) >= 11 is 0. The van der Waals surface area contributed by atoms with Gasteiger partial charge in [0.05, 0.1) is 7.11 Å². The minimum absolute atomic E-state index is 0.124. The standard InChI is InChI=1S/C14H19NO3/c1-18-14(17)13(15-10-6-2-3-7-10)11-8-4-5-9-12(11)16/h4-5,8-10,13,15-16H,2-3,6-7H2,1H3. The molecule has 4 nitrogen and oxygen atoms in total. The molecule has 2 rings (SSSR count). The fourth-order valence-electron chi connectivity index (χ4n) is 2.46. The van der Waals surface area contributed by atoms with Crippen molar-refractivity contribution in [2.45, 2.75) is 37.8 Å². The number of carbonyl (C=O) groups excluding carboxylic acids is 1. The minimum Gasteiger partial charge on any atom is -0.508 e. The number of para-hydroxylation sites is 1. The lowest BCUT2D eigenvalue weighted by atomic mass is 10.0. The van der Waals surface area contributed by atoms with Crippen molar-refractivity contribution in [1.29, 1.82) is 0 Å². The van der Waals surface area contributed by atoms with Crippen molar-refractivity contribution in [3.05, 3.63) is 29.8 Å². The quantitative estimate of drug-likeness (QED) is 0.803. The Bertz CT molecular complexity index is 413. The van der Waals surface area contributed by atoms with Crippen molar-refractivity contribution in [2.75, 3.05) is 7.11 Å². The van der Waals surface area contributed by atoms with E-state index < -0.39 is 6.04 Å². The Morgan fingerprint density at radius 3 is 2.67 bits per heavy atom. The van der Waals surface area contributed by atoms with Gasteiger partial charge in [-0.2, -0.15) is 0 Å². The molecule has 0 aliphatic heterocycles. The molecule has 1 atom stereocenters. The van der Waals surface area contributed by atoms with Crippen molar-refractivity contribution >= 4 is 5.97 Å². The molecule has 0 aromatic heterocycles. The maximum atomic E-state index is 11.9. The van der Waals surface area contributed by atoms with Crippen LogP contribution in [-0.2, 0) is 9.53 Å². The van der Waals surface area contributed by atoms with E-state index in [-0.39, 0.29) is 11.7 Å². The Morgan fingerprint density at radius 1 is 1.39 bits per heavy atom. The number of esters is 1. The topological polar surface area (TPSA) is 58.6 Å². The molecular formula is C14H19NO3. The van der Waals surface area contributed by atoms with Crippen molar-refractivity contribution < 1.29 is 14.6 Å². The van der Waals surface area contributed by atoms with Gasteiger partial charge in [-0.25, -0.2) is 4.79 Å². The lowest BCUT2D eigenvalue weighted by Gasteiger charge is -2.21. The first-order chi connectivity index (χ1) is 8.72. The van der Waals surface area contributed by atoms with Crippen molar-refractivity contribution in [3.63, 3.8) is 0 Å². The van der Waals surface area contributed by atoms with Crippen LogP contribution in [0.2, 0.25) is 0 Å². The van der Waals surface area contributed by atoms with E-state index in [1.807, 2.05) is 0 Å². The van der Waals surface area contributed by atoms with Crippen LogP contribution in [0, 0.1) is 0 Å². The van der Waals surface area contributed by atoms with Gasteiger partial charge in [0.25, 0.3) is 0 Å². The van der Waals surface area contributed by atoms with Crippen LogP contribution in [0.25, 0.3) is 0 Å². The van der Waals surface area contributed by atoms with Gasteiger partial charge in [-0.3, -0.25) is 5.32 Å². The molecule has 0 heterocycles. The first-order valence-electron chi connectivity index (χ1n) is 6.34. The maximum Gasteiger partial charge on any atom is 0.327 e. The second-order valence-corrected chi connectivity index (χ2v) is 4.66. The van der Waals surface area contributed by atoms with Crippen LogP contribution >= 0.6 is 0 Å². The maximum absolute atomic E-state index is 11.9. The van der Waals surface area contributed by atoms with Crippen LogP contribution in [0.4, 0.5) is 0 Å². The SMILES string of the molecule is COC(=O)C(NC1CCCC1)c1ccccc1O. The first kappa shape index (κ1) is 12.9. The van der Waals surface area contributed by atoms with Gasteiger partial charge in [0.15, 0.2) is 0 Å². The Labute approximate surface area is 107 Å². The number of methoxy groups -OCH3 is 1. The summed E-state index contributed by atoms with van der Waals surface area (Å²) in [7, 11) is 1.37. The van der Waals surface area contributed by atoms with Crippen LogP contribution in [-0.4, -0.2) is 24.2 Å². The number of nitrogens with one attached hydrogen (secondary N) is 1. The number of benzene rings is 1. The van der Waals surface area contributed by atoms with Crippen LogP contribution in [0.5, 0.6) is 5.75 Å². The molecule has 18 heavy (non-hydrogen) atoms. The van der Waals surface area contributed by atoms with Gasteiger partial charge < -0.3 is 9.84 Å². The fraction of sp³-hybridized carbons (Fsp3) is 0.500. The number of phenols is 1. The van der Waals surface area contributed by atoms with Crippen molar-refractivity contribution in [2.24, 2.45) is 0 Å². The third kappa shape index (κ3) is 2.82. The second-order valence-electron chi connectivity index (χ2n) is 4.66. The van der Waals surface area contributed by atoms with Crippen molar-refractivity contribution in [3.8, 4) is 5.75 Å². The summed E-state index contributed by atoms with van der Waals surface area (Å²) in [6, 6.07) is 6.62. The highest BCUT2D eigenvalue weighted by Gasteiger charge is 2.27. The molecule has 1 fully saturated rings. The van der Waals surface area contributed by atoms with E-state index in [0.29, 0.717) is 11.6 Å². The van der Waals surface area contributed by atoms with Gasteiger partial charge in [-0.05, 0) is 18.9 Å². The molecule has 1 aromatic rings. The molecule has 0 radical (unpaired) electrons. The van der Waals surface area contributed by atoms with Gasteiger partial charge in [0.2, 0.25) is 0 Å².